The van der Waals surface area contributed by atoms with E-state index in [9.17, 15) is 4.79 Å². The number of hydrogen-bond donors (Lipinski definition) is 0. The molecule has 0 fully saturated rings. The van der Waals surface area contributed by atoms with Crippen LogP contribution < -0.4 is 9.47 Å². The number of fused-ring (bicyclic) bond motifs is 3. The number of benzene rings is 1. The number of hydrogen-bond acceptors (Lipinski definition) is 3. The quantitative estimate of drug-likeness (QED) is 0.829. The summed E-state index contributed by atoms with van der Waals surface area (Å²) in [7, 11) is 3.38. The van der Waals surface area contributed by atoms with Crippen molar-refractivity contribution < 1.29 is 14.3 Å². The molecule has 0 spiro atoms. The fraction of sp³-hybridized carbons (Fsp3) is 0.471. The third-order valence-corrected chi connectivity index (χ3v) is 4.79. The lowest BCUT2D eigenvalue weighted by molar-refractivity contribution is -0.115. The van der Waals surface area contributed by atoms with Gasteiger partial charge in [0.05, 0.1) is 14.2 Å². The predicted octanol–water partition coefficient (Wildman–Crippen LogP) is 3.20. The first-order valence-electron chi connectivity index (χ1n) is 7.08. The van der Waals surface area contributed by atoms with Crippen molar-refractivity contribution >= 4 is 5.78 Å². The second-order valence-electron chi connectivity index (χ2n) is 5.82. The summed E-state index contributed by atoms with van der Waals surface area (Å²) in [6, 6.07) is 4.06. The minimum atomic E-state index is -0.0523. The SMILES string of the molecule is COc1cc(OC)c2c(c1)C1(C)CCC(=O)C=C1CC2. The summed E-state index contributed by atoms with van der Waals surface area (Å²) in [6.07, 6.45) is 5.23. The molecule has 0 saturated carbocycles. The standard InChI is InChI=1S/C17H20O3/c1-17-7-6-12(18)8-11(17)4-5-14-15(17)9-13(19-2)10-16(14)20-3/h8-10H,4-7H2,1-3H3. The third-order valence-electron chi connectivity index (χ3n) is 4.79. The maximum atomic E-state index is 11.7. The van der Waals surface area contributed by atoms with Crippen molar-refractivity contribution in [3.8, 4) is 11.5 Å². The van der Waals surface area contributed by atoms with E-state index in [-0.39, 0.29) is 11.2 Å². The van der Waals surface area contributed by atoms with Crippen LogP contribution in [0.2, 0.25) is 0 Å². The highest BCUT2D eigenvalue weighted by Crippen LogP contribution is 2.49. The van der Waals surface area contributed by atoms with Gasteiger partial charge in [-0.05, 0) is 42.5 Å². The van der Waals surface area contributed by atoms with Crippen LogP contribution in [0.25, 0.3) is 0 Å². The number of ketones is 1. The fourth-order valence-electron chi connectivity index (χ4n) is 3.55. The molecule has 1 unspecified atom stereocenters. The first-order chi connectivity index (χ1) is 9.58. The van der Waals surface area contributed by atoms with E-state index in [0.29, 0.717) is 6.42 Å². The van der Waals surface area contributed by atoms with Crippen LogP contribution in [-0.4, -0.2) is 20.0 Å². The topological polar surface area (TPSA) is 35.5 Å². The summed E-state index contributed by atoms with van der Waals surface area (Å²) in [6.45, 7) is 2.24. The Morgan fingerprint density at radius 2 is 1.90 bits per heavy atom. The number of rotatable bonds is 2. The van der Waals surface area contributed by atoms with Crippen LogP contribution >= 0.6 is 0 Å². The van der Waals surface area contributed by atoms with Crippen LogP contribution in [0, 0.1) is 0 Å². The molecular formula is C17H20O3. The monoisotopic (exact) mass is 272 g/mol. The molecule has 106 valence electrons. The Kier molecular flexibility index (Phi) is 3.08. The van der Waals surface area contributed by atoms with Crippen molar-refractivity contribution in [3.63, 3.8) is 0 Å². The molecule has 2 aliphatic rings. The second kappa shape index (κ2) is 4.65. The van der Waals surface area contributed by atoms with Crippen LogP contribution in [0.3, 0.4) is 0 Å². The van der Waals surface area contributed by atoms with Gasteiger partial charge < -0.3 is 9.47 Å². The van der Waals surface area contributed by atoms with Gasteiger partial charge in [-0.3, -0.25) is 4.79 Å². The Balaban J connectivity index is 2.21. The zero-order chi connectivity index (χ0) is 14.3. The van der Waals surface area contributed by atoms with Crippen molar-refractivity contribution in [2.24, 2.45) is 0 Å². The molecule has 0 aliphatic heterocycles. The van der Waals surface area contributed by atoms with Gasteiger partial charge in [0, 0.05) is 17.9 Å². The normalized spacial score (nSPS) is 24.6. The smallest absolute Gasteiger partial charge is 0.155 e. The molecule has 0 aromatic heterocycles. The average Bonchev–Trinajstić information content (AvgIpc) is 2.47. The van der Waals surface area contributed by atoms with Crippen molar-refractivity contribution in [1.82, 2.24) is 0 Å². The van der Waals surface area contributed by atoms with Gasteiger partial charge in [0.1, 0.15) is 11.5 Å². The summed E-state index contributed by atoms with van der Waals surface area (Å²) in [5.41, 5.74) is 3.74. The van der Waals surface area contributed by atoms with Crippen LogP contribution in [0.4, 0.5) is 0 Å². The van der Waals surface area contributed by atoms with E-state index in [4.69, 9.17) is 9.47 Å². The van der Waals surface area contributed by atoms with Gasteiger partial charge in [0.25, 0.3) is 0 Å². The third kappa shape index (κ3) is 1.84. The van der Waals surface area contributed by atoms with Gasteiger partial charge in [-0.25, -0.2) is 0 Å². The molecule has 1 aromatic rings. The molecule has 1 atom stereocenters. The number of methoxy groups -OCH3 is 2. The Morgan fingerprint density at radius 3 is 2.60 bits per heavy atom. The van der Waals surface area contributed by atoms with E-state index in [1.807, 2.05) is 12.1 Å². The number of allylic oxidation sites excluding steroid dienone is 2. The highest BCUT2D eigenvalue weighted by molar-refractivity contribution is 5.92. The number of carbonyl (C=O) groups is 1. The molecule has 0 amide bonds. The van der Waals surface area contributed by atoms with Crippen LogP contribution in [0.1, 0.15) is 37.3 Å². The molecule has 3 nitrogen and oxygen atoms in total. The number of ether oxygens (including phenoxy) is 2. The van der Waals surface area contributed by atoms with E-state index in [1.54, 1.807) is 14.2 Å². The molecule has 0 N–H and O–H groups in total. The summed E-state index contributed by atoms with van der Waals surface area (Å²) < 4.78 is 10.9. The molecule has 0 heterocycles. The second-order valence-corrected chi connectivity index (χ2v) is 5.82. The molecule has 0 radical (unpaired) electrons. The minimum absolute atomic E-state index is 0.0523. The largest absolute Gasteiger partial charge is 0.497 e. The molecule has 3 heteroatoms. The van der Waals surface area contributed by atoms with E-state index in [2.05, 4.69) is 13.0 Å². The Hall–Kier alpha value is -1.77. The van der Waals surface area contributed by atoms with E-state index >= 15 is 0 Å². The molecular weight excluding hydrogens is 252 g/mol. The van der Waals surface area contributed by atoms with Crippen molar-refractivity contribution in [3.05, 3.63) is 34.9 Å². The molecule has 3 rings (SSSR count). The predicted molar refractivity (Wildman–Crippen MR) is 77.5 cm³/mol. The first kappa shape index (κ1) is 13.2. The summed E-state index contributed by atoms with van der Waals surface area (Å²) in [5.74, 6) is 1.98. The Bertz CT molecular complexity index is 600. The highest BCUT2D eigenvalue weighted by atomic mass is 16.5. The molecule has 1 aromatic carbocycles. The lowest BCUT2D eigenvalue weighted by Gasteiger charge is -2.41. The molecule has 20 heavy (non-hydrogen) atoms. The van der Waals surface area contributed by atoms with E-state index < -0.39 is 0 Å². The lowest BCUT2D eigenvalue weighted by atomic mass is 9.63. The van der Waals surface area contributed by atoms with Gasteiger partial charge in [-0.1, -0.05) is 12.5 Å². The summed E-state index contributed by atoms with van der Waals surface area (Å²) in [5, 5.41) is 0. The zero-order valence-electron chi connectivity index (χ0n) is 12.3. The van der Waals surface area contributed by atoms with Gasteiger partial charge in [0.15, 0.2) is 5.78 Å². The average molecular weight is 272 g/mol. The maximum Gasteiger partial charge on any atom is 0.155 e. The van der Waals surface area contributed by atoms with Crippen molar-refractivity contribution in [2.45, 2.75) is 38.0 Å². The van der Waals surface area contributed by atoms with Crippen LogP contribution in [-0.2, 0) is 16.6 Å². The molecule has 0 saturated heterocycles. The zero-order valence-corrected chi connectivity index (χ0v) is 12.3. The Labute approximate surface area is 119 Å². The Morgan fingerprint density at radius 1 is 1.10 bits per heavy atom. The fourth-order valence-corrected chi connectivity index (χ4v) is 3.55. The van der Waals surface area contributed by atoms with E-state index in [1.165, 1.54) is 16.7 Å². The molecule has 0 bridgehead atoms. The van der Waals surface area contributed by atoms with Gasteiger partial charge in [-0.15, -0.1) is 0 Å². The maximum absolute atomic E-state index is 11.7. The van der Waals surface area contributed by atoms with E-state index in [0.717, 1.165) is 30.8 Å². The summed E-state index contributed by atoms with van der Waals surface area (Å²) >= 11 is 0. The van der Waals surface area contributed by atoms with Gasteiger partial charge >= 0.3 is 0 Å². The van der Waals surface area contributed by atoms with Crippen molar-refractivity contribution in [2.75, 3.05) is 14.2 Å². The first-order valence-corrected chi connectivity index (χ1v) is 7.08. The summed E-state index contributed by atoms with van der Waals surface area (Å²) in [4.78, 5) is 11.7. The minimum Gasteiger partial charge on any atom is -0.497 e. The number of carbonyl (C=O) groups excluding carboxylic acids is 1. The van der Waals surface area contributed by atoms with Crippen LogP contribution in [0.15, 0.2) is 23.8 Å². The van der Waals surface area contributed by atoms with Crippen LogP contribution in [0.5, 0.6) is 11.5 Å². The molecule has 2 aliphatic carbocycles. The van der Waals surface area contributed by atoms with Gasteiger partial charge in [-0.2, -0.15) is 0 Å². The highest BCUT2D eigenvalue weighted by Gasteiger charge is 2.40. The van der Waals surface area contributed by atoms with Crippen molar-refractivity contribution in [1.29, 1.82) is 0 Å². The van der Waals surface area contributed by atoms with Gasteiger partial charge in [0.2, 0.25) is 0 Å². The lowest BCUT2D eigenvalue weighted by Crippen LogP contribution is -2.34.